The van der Waals surface area contributed by atoms with Crippen LogP contribution in [0, 0.1) is 0 Å². The van der Waals surface area contributed by atoms with E-state index in [1.807, 2.05) is 0 Å². The highest BCUT2D eigenvalue weighted by Crippen LogP contribution is 2.29. The van der Waals surface area contributed by atoms with Crippen LogP contribution in [0.15, 0.2) is 4.42 Å². The van der Waals surface area contributed by atoms with Crippen LogP contribution in [0.4, 0.5) is 0 Å². The lowest BCUT2D eigenvalue weighted by atomic mass is 9.91. The van der Waals surface area contributed by atoms with Gasteiger partial charge in [-0.15, -0.1) is 10.2 Å². The van der Waals surface area contributed by atoms with Crippen molar-refractivity contribution in [2.45, 2.75) is 70.6 Å². The van der Waals surface area contributed by atoms with E-state index in [0.29, 0.717) is 5.92 Å². The maximum Gasteiger partial charge on any atom is 0.219 e. The molecule has 0 radical (unpaired) electrons. The molecule has 1 saturated carbocycles. The van der Waals surface area contributed by atoms with Gasteiger partial charge in [0.05, 0.1) is 0 Å². The summed E-state index contributed by atoms with van der Waals surface area (Å²) in [7, 11) is 0. The second-order valence-electron chi connectivity index (χ2n) is 5.58. The summed E-state index contributed by atoms with van der Waals surface area (Å²) >= 11 is 0. The first-order chi connectivity index (χ1) is 9.40. The number of hydrogen-bond donors (Lipinski definition) is 1. The average molecular weight is 265 g/mol. The van der Waals surface area contributed by atoms with Crippen molar-refractivity contribution in [1.82, 2.24) is 15.5 Å². The zero-order valence-electron chi connectivity index (χ0n) is 12.2. The molecule has 1 fully saturated rings. The molecular formula is C15H27N3O. The van der Waals surface area contributed by atoms with E-state index in [1.165, 1.54) is 44.9 Å². The Balaban J connectivity index is 1.81. The number of nitrogens with one attached hydrogen (secondary N) is 1. The molecule has 1 heterocycles. The monoisotopic (exact) mass is 265 g/mol. The molecule has 0 amide bonds. The van der Waals surface area contributed by atoms with Crippen LogP contribution in [0.25, 0.3) is 0 Å². The van der Waals surface area contributed by atoms with E-state index in [4.69, 9.17) is 4.42 Å². The van der Waals surface area contributed by atoms with E-state index in [2.05, 4.69) is 22.4 Å². The molecule has 1 aliphatic carbocycles. The van der Waals surface area contributed by atoms with Crippen molar-refractivity contribution in [1.29, 1.82) is 0 Å². The van der Waals surface area contributed by atoms with Crippen molar-refractivity contribution < 1.29 is 4.42 Å². The second kappa shape index (κ2) is 8.31. The Hall–Kier alpha value is -0.900. The van der Waals surface area contributed by atoms with Gasteiger partial charge < -0.3 is 9.73 Å². The highest BCUT2D eigenvalue weighted by Gasteiger charge is 2.19. The third-order valence-corrected chi connectivity index (χ3v) is 3.88. The van der Waals surface area contributed by atoms with E-state index < -0.39 is 0 Å². The SMILES string of the molecule is CCCNCCc1nnc(C2CCCCCCC2)o1. The van der Waals surface area contributed by atoms with Crippen molar-refractivity contribution in [2.75, 3.05) is 13.1 Å². The van der Waals surface area contributed by atoms with Crippen LogP contribution < -0.4 is 5.32 Å². The van der Waals surface area contributed by atoms with Crippen molar-refractivity contribution in [3.63, 3.8) is 0 Å². The van der Waals surface area contributed by atoms with Crippen molar-refractivity contribution in [3.05, 3.63) is 11.8 Å². The molecule has 0 saturated heterocycles. The van der Waals surface area contributed by atoms with Gasteiger partial charge in [0.1, 0.15) is 0 Å². The van der Waals surface area contributed by atoms with Crippen LogP contribution in [-0.4, -0.2) is 23.3 Å². The van der Waals surface area contributed by atoms with Gasteiger partial charge in [0.2, 0.25) is 11.8 Å². The van der Waals surface area contributed by atoms with Gasteiger partial charge in [0.25, 0.3) is 0 Å². The minimum absolute atomic E-state index is 0.505. The predicted molar refractivity (Wildman–Crippen MR) is 76.2 cm³/mol. The molecule has 0 bridgehead atoms. The Morgan fingerprint density at radius 2 is 1.79 bits per heavy atom. The molecule has 0 unspecified atom stereocenters. The first kappa shape index (κ1) is 14.5. The summed E-state index contributed by atoms with van der Waals surface area (Å²) in [5.41, 5.74) is 0. The fourth-order valence-electron chi connectivity index (χ4n) is 2.73. The van der Waals surface area contributed by atoms with Crippen molar-refractivity contribution >= 4 is 0 Å². The maximum atomic E-state index is 5.84. The number of aromatic nitrogens is 2. The highest BCUT2D eigenvalue weighted by atomic mass is 16.4. The molecule has 2 rings (SSSR count). The Bertz CT molecular complexity index is 343. The van der Waals surface area contributed by atoms with Crippen molar-refractivity contribution in [2.24, 2.45) is 0 Å². The minimum atomic E-state index is 0.505. The van der Waals surface area contributed by atoms with E-state index in [9.17, 15) is 0 Å². The largest absolute Gasteiger partial charge is 0.425 e. The van der Waals surface area contributed by atoms with E-state index >= 15 is 0 Å². The third kappa shape index (κ3) is 4.94. The van der Waals surface area contributed by atoms with E-state index in [0.717, 1.165) is 37.7 Å². The zero-order chi connectivity index (χ0) is 13.3. The van der Waals surface area contributed by atoms with Gasteiger partial charge >= 0.3 is 0 Å². The highest BCUT2D eigenvalue weighted by molar-refractivity contribution is 4.92. The third-order valence-electron chi connectivity index (χ3n) is 3.88. The molecule has 0 aliphatic heterocycles. The molecule has 1 N–H and O–H groups in total. The summed E-state index contributed by atoms with van der Waals surface area (Å²) in [6, 6.07) is 0. The molecule has 4 heteroatoms. The van der Waals surface area contributed by atoms with Crippen LogP contribution >= 0.6 is 0 Å². The lowest BCUT2D eigenvalue weighted by Crippen LogP contribution is -2.17. The predicted octanol–water partition coefficient (Wildman–Crippen LogP) is 3.44. The number of nitrogens with zero attached hydrogens (tertiary/aromatic N) is 2. The van der Waals surface area contributed by atoms with Crippen LogP contribution in [0.5, 0.6) is 0 Å². The van der Waals surface area contributed by atoms with Gasteiger partial charge in [-0.2, -0.15) is 0 Å². The Kier molecular flexibility index (Phi) is 6.34. The first-order valence-corrected chi connectivity index (χ1v) is 7.93. The Labute approximate surface area is 116 Å². The number of hydrogen-bond acceptors (Lipinski definition) is 4. The molecule has 1 aliphatic rings. The number of rotatable bonds is 6. The minimum Gasteiger partial charge on any atom is -0.425 e. The summed E-state index contributed by atoms with van der Waals surface area (Å²) in [6.07, 6.45) is 11.2. The van der Waals surface area contributed by atoms with Crippen LogP contribution in [0.3, 0.4) is 0 Å². The van der Waals surface area contributed by atoms with Gasteiger partial charge in [-0.25, -0.2) is 0 Å². The molecule has 1 aromatic rings. The summed E-state index contributed by atoms with van der Waals surface area (Å²) in [4.78, 5) is 0. The van der Waals surface area contributed by atoms with Gasteiger partial charge in [-0.05, 0) is 25.8 Å². The summed E-state index contributed by atoms with van der Waals surface area (Å²) < 4.78 is 5.84. The lowest BCUT2D eigenvalue weighted by molar-refractivity contribution is 0.362. The van der Waals surface area contributed by atoms with Crippen LogP contribution in [0.1, 0.15) is 76.0 Å². The van der Waals surface area contributed by atoms with Gasteiger partial charge in [-0.3, -0.25) is 0 Å². The topological polar surface area (TPSA) is 51.0 Å². The fourth-order valence-corrected chi connectivity index (χ4v) is 2.73. The summed E-state index contributed by atoms with van der Waals surface area (Å²) in [6.45, 7) is 4.16. The maximum absolute atomic E-state index is 5.84. The molecule has 0 atom stereocenters. The van der Waals surface area contributed by atoms with Crippen molar-refractivity contribution in [3.8, 4) is 0 Å². The summed E-state index contributed by atoms with van der Waals surface area (Å²) in [5.74, 6) is 2.18. The van der Waals surface area contributed by atoms with Crippen LogP contribution in [-0.2, 0) is 6.42 Å². The first-order valence-electron chi connectivity index (χ1n) is 7.93. The normalized spacial score (nSPS) is 18.2. The molecule has 4 nitrogen and oxygen atoms in total. The second-order valence-corrected chi connectivity index (χ2v) is 5.58. The standard InChI is InChI=1S/C15H27N3O/c1-2-11-16-12-10-14-17-18-15(19-14)13-8-6-4-3-5-7-9-13/h13,16H,2-12H2,1H3. The molecule has 108 valence electrons. The molecule has 0 aromatic carbocycles. The lowest BCUT2D eigenvalue weighted by Gasteiger charge is -2.15. The Morgan fingerprint density at radius 1 is 1.05 bits per heavy atom. The molecule has 19 heavy (non-hydrogen) atoms. The Morgan fingerprint density at radius 3 is 2.53 bits per heavy atom. The molecular weight excluding hydrogens is 238 g/mol. The quantitative estimate of drug-likeness (QED) is 0.800. The van der Waals surface area contributed by atoms with E-state index in [1.54, 1.807) is 0 Å². The molecule has 1 aromatic heterocycles. The van der Waals surface area contributed by atoms with Gasteiger partial charge in [0.15, 0.2) is 0 Å². The molecule has 0 spiro atoms. The summed E-state index contributed by atoms with van der Waals surface area (Å²) in [5, 5.41) is 11.8. The fraction of sp³-hybridized carbons (Fsp3) is 0.867. The van der Waals surface area contributed by atoms with Crippen LogP contribution in [0.2, 0.25) is 0 Å². The van der Waals surface area contributed by atoms with Gasteiger partial charge in [0, 0.05) is 18.9 Å². The van der Waals surface area contributed by atoms with E-state index in [-0.39, 0.29) is 0 Å². The smallest absolute Gasteiger partial charge is 0.219 e. The average Bonchev–Trinajstić information content (AvgIpc) is 2.83. The zero-order valence-corrected chi connectivity index (χ0v) is 12.2. The van der Waals surface area contributed by atoms with Gasteiger partial charge in [-0.1, -0.05) is 39.0 Å².